The van der Waals surface area contributed by atoms with E-state index in [0.29, 0.717) is 6.54 Å². The molecule has 110 valence electrons. The molecule has 0 saturated carbocycles. The van der Waals surface area contributed by atoms with Gasteiger partial charge in [-0.2, -0.15) is 0 Å². The topological polar surface area (TPSA) is 47.4 Å². The highest BCUT2D eigenvalue weighted by Gasteiger charge is 2.18. The molecule has 2 aromatic rings. The molecular formula is C14H20IN3O2. The maximum atomic E-state index is 11.6. The molecule has 0 aromatic carbocycles. The Bertz CT molecular complexity index is 602. The molecule has 0 aliphatic carbocycles. The van der Waals surface area contributed by atoms with Crippen molar-refractivity contribution in [2.24, 2.45) is 7.05 Å². The zero-order chi connectivity index (χ0) is 14.0. The van der Waals surface area contributed by atoms with Crippen LogP contribution in [0.2, 0.25) is 0 Å². The first-order valence-corrected chi connectivity index (χ1v) is 6.28. The fourth-order valence-electron chi connectivity index (χ4n) is 1.88. The molecule has 2 rings (SSSR count). The van der Waals surface area contributed by atoms with Crippen molar-refractivity contribution >= 4 is 11.7 Å². The third kappa shape index (κ3) is 4.09. The molecule has 5 nitrogen and oxygen atoms in total. The van der Waals surface area contributed by atoms with Crippen molar-refractivity contribution in [3.63, 3.8) is 0 Å². The lowest BCUT2D eigenvalue weighted by Gasteiger charge is -2.19. The van der Waals surface area contributed by atoms with E-state index in [0.717, 1.165) is 11.3 Å². The first-order chi connectivity index (χ1) is 8.87. The number of carbonyl (C=O) groups is 1. The van der Waals surface area contributed by atoms with Crippen molar-refractivity contribution in [1.29, 1.82) is 0 Å². The van der Waals surface area contributed by atoms with Crippen molar-refractivity contribution in [2.45, 2.75) is 32.9 Å². The highest BCUT2D eigenvalue weighted by Crippen LogP contribution is 2.07. The number of pyridine rings is 1. The summed E-state index contributed by atoms with van der Waals surface area (Å²) in [4.78, 5) is 11.6. The molecule has 0 spiro atoms. The van der Waals surface area contributed by atoms with Crippen LogP contribution in [0.5, 0.6) is 0 Å². The number of fused-ring (bicyclic) bond motifs is 1. The van der Waals surface area contributed by atoms with Gasteiger partial charge in [0.1, 0.15) is 11.8 Å². The van der Waals surface area contributed by atoms with Crippen LogP contribution in [0.3, 0.4) is 0 Å². The zero-order valence-electron chi connectivity index (χ0n) is 12.2. The molecule has 1 N–H and O–H groups in total. The molecular weight excluding hydrogens is 369 g/mol. The Morgan fingerprint density at radius 1 is 1.40 bits per heavy atom. The van der Waals surface area contributed by atoms with Gasteiger partial charge in [0.2, 0.25) is 0 Å². The number of rotatable bonds is 2. The third-order valence-electron chi connectivity index (χ3n) is 2.74. The predicted octanol–water partition coefficient (Wildman–Crippen LogP) is -1.21. The van der Waals surface area contributed by atoms with Gasteiger partial charge in [0.25, 0.3) is 5.65 Å². The monoisotopic (exact) mass is 389 g/mol. The van der Waals surface area contributed by atoms with Crippen LogP contribution < -0.4 is 33.7 Å². The molecule has 0 aliphatic rings. The summed E-state index contributed by atoms with van der Waals surface area (Å²) in [6.07, 6.45) is 3.57. The Morgan fingerprint density at radius 3 is 2.70 bits per heavy atom. The number of imidazole rings is 1. The number of nitrogens with zero attached hydrogens (tertiary/aromatic N) is 2. The molecule has 1 amide bonds. The van der Waals surface area contributed by atoms with E-state index in [2.05, 4.69) is 5.32 Å². The Labute approximate surface area is 136 Å². The van der Waals surface area contributed by atoms with Crippen LogP contribution >= 0.6 is 0 Å². The Balaban J connectivity index is 0.00000200. The molecule has 6 heteroatoms. The average molecular weight is 389 g/mol. The van der Waals surface area contributed by atoms with E-state index >= 15 is 0 Å². The smallest absolute Gasteiger partial charge is 0.408 e. The lowest BCUT2D eigenvalue weighted by atomic mass is 10.2. The molecule has 0 radical (unpaired) electrons. The van der Waals surface area contributed by atoms with Gasteiger partial charge in [0, 0.05) is 6.07 Å². The van der Waals surface area contributed by atoms with Crippen LogP contribution in [-0.2, 0) is 18.3 Å². The van der Waals surface area contributed by atoms with Crippen LogP contribution in [-0.4, -0.2) is 16.3 Å². The number of aryl methyl sites for hydroxylation is 1. The summed E-state index contributed by atoms with van der Waals surface area (Å²) in [6, 6.07) is 5.98. The van der Waals surface area contributed by atoms with Gasteiger partial charge >= 0.3 is 6.09 Å². The fraction of sp³-hybridized carbons (Fsp3) is 0.429. The highest BCUT2D eigenvalue weighted by molar-refractivity contribution is 5.67. The first-order valence-electron chi connectivity index (χ1n) is 6.28. The van der Waals surface area contributed by atoms with Gasteiger partial charge in [0.05, 0.1) is 19.8 Å². The lowest BCUT2D eigenvalue weighted by molar-refractivity contribution is -0.510. The van der Waals surface area contributed by atoms with Crippen molar-refractivity contribution in [3.8, 4) is 0 Å². The van der Waals surface area contributed by atoms with Gasteiger partial charge in [-0.25, -0.2) is 13.8 Å². The van der Waals surface area contributed by atoms with Crippen LogP contribution in [0, 0.1) is 0 Å². The molecule has 0 unspecified atom stereocenters. The maximum absolute atomic E-state index is 11.6. The van der Waals surface area contributed by atoms with Gasteiger partial charge in [-0.05, 0) is 26.8 Å². The molecule has 0 saturated heterocycles. The SMILES string of the molecule is Cn1c(CNC(=O)OC(C)(C)C)c[n+]2ccccc12.[I-]. The summed E-state index contributed by atoms with van der Waals surface area (Å²) in [7, 11) is 1.97. The quantitative estimate of drug-likeness (QED) is 0.518. The molecule has 20 heavy (non-hydrogen) atoms. The van der Waals surface area contributed by atoms with Gasteiger partial charge in [-0.15, -0.1) is 0 Å². The first kappa shape index (κ1) is 16.7. The van der Waals surface area contributed by atoms with Crippen molar-refractivity contribution in [3.05, 3.63) is 36.3 Å². The van der Waals surface area contributed by atoms with E-state index in [1.54, 1.807) is 0 Å². The number of hydrogen-bond acceptors (Lipinski definition) is 2. The number of carbonyl (C=O) groups excluding carboxylic acids is 1. The number of nitrogens with one attached hydrogen (secondary N) is 1. The van der Waals surface area contributed by atoms with E-state index in [-0.39, 0.29) is 24.0 Å². The van der Waals surface area contributed by atoms with Crippen LogP contribution in [0.25, 0.3) is 5.65 Å². The Kier molecular flexibility index (Phi) is 5.38. The number of halogens is 1. The molecule has 0 atom stereocenters. The van der Waals surface area contributed by atoms with Crippen LogP contribution in [0.4, 0.5) is 4.79 Å². The largest absolute Gasteiger partial charge is 1.00 e. The van der Waals surface area contributed by atoms with Crippen molar-refractivity contribution in [2.75, 3.05) is 0 Å². The Morgan fingerprint density at radius 2 is 2.10 bits per heavy atom. The van der Waals surface area contributed by atoms with Crippen LogP contribution in [0.15, 0.2) is 30.6 Å². The summed E-state index contributed by atoms with van der Waals surface area (Å²) in [5, 5.41) is 2.76. The summed E-state index contributed by atoms with van der Waals surface area (Å²) >= 11 is 0. The molecule has 2 heterocycles. The van der Waals surface area contributed by atoms with Crippen LogP contribution in [0.1, 0.15) is 26.5 Å². The van der Waals surface area contributed by atoms with E-state index in [1.807, 2.05) is 67.4 Å². The summed E-state index contributed by atoms with van der Waals surface area (Å²) in [6.45, 7) is 5.98. The average Bonchev–Trinajstić information content (AvgIpc) is 2.62. The van der Waals surface area contributed by atoms with Gasteiger partial charge < -0.3 is 34.0 Å². The molecule has 0 aliphatic heterocycles. The zero-order valence-corrected chi connectivity index (χ0v) is 14.3. The number of hydrogen-bond donors (Lipinski definition) is 1. The van der Waals surface area contributed by atoms with E-state index < -0.39 is 11.7 Å². The second-order valence-electron chi connectivity index (χ2n) is 5.50. The van der Waals surface area contributed by atoms with Crippen molar-refractivity contribution < 1.29 is 37.9 Å². The summed E-state index contributed by atoms with van der Waals surface area (Å²) < 4.78 is 9.27. The van der Waals surface area contributed by atoms with Gasteiger partial charge in [-0.3, -0.25) is 0 Å². The third-order valence-corrected chi connectivity index (χ3v) is 2.74. The van der Waals surface area contributed by atoms with E-state index in [1.165, 1.54) is 0 Å². The van der Waals surface area contributed by atoms with Gasteiger partial charge in [-0.1, -0.05) is 6.07 Å². The fourth-order valence-corrected chi connectivity index (χ4v) is 1.88. The second-order valence-corrected chi connectivity index (χ2v) is 5.50. The number of amides is 1. The minimum atomic E-state index is -0.474. The molecule has 0 fully saturated rings. The second kappa shape index (κ2) is 6.43. The number of ether oxygens (including phenoxy) is 1. The molecule has 0 bridgehead atoms. The maximum Gasteiger partial charge on any atom is 0.408 e. The molecule has 2 aromatic heterocycles. The lowest BCUT2D eigenvalue weighted by Crippen LogP contribution is -3.00. The number of alkyl carbamates (subject to hydrolysis) is 1. The van der Waals surface area contributed by atoms with E-state index in [4.69, 9.17) is 4.74 Å². The highest BCUT2D eigenvalue weighted by atomic mass is 127. The normalized spacial score (nSPS) is 11.0. The minimum absolute atomic E-state index is 0. The minimum Gasteiger partial charge on any atom is -1.00 e. The summed E-state index contributed by atoms with van der Waals surface area (Å²) in [5.41, 5.74) is 1.61. The Hall–Kier alpha value is -1.31. The van der Waals surface area contributed by atoms with E-state index in [9.17, 15) is 4.79 Å². The standard InChI is InChI=1S/C14H19N3O2.HI/c1-14(2,3)19-13(18)15-9-11-10-17-8-6-5-7-12(17)16(11)4;/h5-8,10H,9H2,1-4H3;1H. The van der Waals surface area contributed by atoms with Crippen molar-refractivity contribution in [1.82, 2.24) is 9.88 Å². The van der Waals surface area contributed by atoms with Gasteiger partial charge in [0.15, 0.2) is 5.69 Å². The predicted molar refractivity (Wildman–Crippen MR) is 71.6 cm³/mol. The summed E-state index contributed by atoms with van der Waals surface area (Å²) in [5.74, 6) is 0. The number of aromatic nitrogens is 2.